The minimum Gasteiger partial charge on any atom is -0.481 e. The number of hydrogen-bond donors (Lipinski definition) is 4. The molecule has 1 aromatic carbocycles. The number of carbonyl (C=O) groups excluding carboxylic acids is 1. The number of benzene rings is 1. The summed E-state index contributed by atoms with van der Waals surface area (Å²) in [6.07, 6.45) is -0.715. The van der Waals surface area contributed by atoms with E-state index in [4.69, 9.17) is 21.8 Å². The maximum atomic E-state index is 13.4. The fraction of sp³-hybridized carbons (Fsp3) is 0.250. The van der Waals surface area contributed by atoms with Crippen LogP contribution in [-0.2, 0) is 9.59 Å². The van der Waals surface area contributed by atoms with E-state index in [1.807, 2.05) is 5.32 Å². The van der Waals surface area contributed by atoms with E-state index in [1.54, 1.807) is 0 Å². The van der Waals surface area contributed by atoms with E-state index >= 15 is 0 Å². The molecule has 0 aliphatic heterocycles. The van der Waals surface area contributed by atoms with E-state index in [9.17, 15) is 18.8 Å². The van der Waals surface area contributed by atoms with Crippen molar-refractivity contribution in [2.75, 3.05) is 5.32 Å². The van der Waals surface area contributed by atoms with Crippen molar-refractivity contribution in [3.05, 3.63) is 29.0 Å². The van der Waals surface area contributed by atoms with Crippen molar-refractivity contribution in [3.63, 3.8) is 0 Å². The highest BCUT2D eigenvalue weighted by atomic mass is 35.5. The highest BCUT2D eigenvalue weighted by Gasteiger charge is 2.21. The van der Waals surface area contributed by atoms with Gasteiger partial charge in [0.25, 0.3) is 0 Å². The smallest absolute Gasteiger partial charge is 0.326 e. The van der Waals surface area contributed by atoms with Crippen LogP contribution >= 0.6 is 11.6 Å². The van der Waals surface area contributed by atoms with Gasteiger partial charge in [-0.05, 0) is 24.6 Å². The van der Waals surface area contributed by atoms with Crippen molar-refractivity contribution in [2.45, 2.75) is 18.9 Å². The number of carboxylic acid groups (broad SMARTS) is 2. The standard InChI is InChI=1S/C12H12ClFN2O5/c13-6-1-2-8(7(14)5-6)15-12(21)16-9(11(19)20)3-4-10(17)18/h1-2,5,9H,3-4H2,(H,17,18)(H,19,20)(H2,15,16,21). The van der Waals surface area contributed by atoms with E-state index < -0.39 is 36.2 Å². The number of aliphatic carboxylic acids is 2. The number of hydrogen-bond acceptors (Lipinski definition) is 3. The van der Waals surface area contributed by atoms with E-state index in [0.29, 0.717) is 0 Å². The number of amides is 2. The fourth-order valence-corrected chi connectivity index (χ4v) is 1.59. The molecule has 21 heavy (non-hydrogen) atoms. The molecule has 4 N–H and O–H groups in total. The Bertz CT molecular complexity index is 567. The zero-order chi connectivity index (χ0) is 16.0. The first-order valence-electron chi connectivity index (χ1n) is 5.76. The molecule has 0 aliphatic carbocycles. The van der Waals surface area contributed by atoms with Crippen molar-refractivity contribution in [1.29, 1.82) is 0 Å². The maximum absolute atomic E-state index is 13.4. The van der Waals surface area contributed by atoms with Crippen LogP contribution in [0.15, 0.2) is 18.2 Å². The summed E-state index contributed by atoms with van der Waals surface area (Å²) >= 11 is 5.55. The summed E-state index contributed by atoms with van der Waals surface area (Å²) in [7, 11) is 0. The molecule has 0 spiro atoms. The number of halogens is 2. The number of anilines is 1. The Hall–Kier alpha value is -2.35. The number of carbonyl (C=O) groups is 3. The molecule has 1 aromatic rings. The van der Waals surface area contributed by atoms with Crippen molar-refractivity contribution >= 4 is 35.3 Å². The molecule has 0 saturated heterocycles. The first-order valence-corrected chi connectivity index (χ1v) is 6.14. The Kier molecular flexibility index (Phi) is 5.92. The molecule has 1 rings (SSSR count). The van der Waals surface area contributed by atoms with Crippen molar-refractivity contribution in [2.24, 2.45) is 0 Å². The third-order valence-corrected chi connectivity index (χ3v) is 2.66. The van der Waals surface area contributed by atoms with Gasteiger partial charge in [-0.2, -0.15) is 0 Å². The molecule has 0 radical (unpaired) electrons. The first kappa shape index (κ1) is 16.7. The fourth-order valence-electron chi connectivity index (χ4n) is 1.43. The highest BCUT2D eigenvalue weighted by molar-refractivity contribution is 6.30. The Morgan fingerprint density at radius 1 is 1.29 bits per heavy atom. The molecule has 0 heterocycles. The lowest BCUT2D eigenvalue weighted by molar-refractivity contribution is -0.140. The second kappa shape index (κ2) is 7.44. The van der Waals surface area contributed by atoms with E-state index in [-0.39, 0.29) is 17.1 Å². The van der Waals surface area contributed by atoms with Crippen LogP contribution in [0.25, 0.3) is 0 Å². The topological polar surface area (TPSA) is 116 Å². The summed E-state index contributed by atoms with van der Waals surface area (Å²) in [5.41, 5.74) is -0.181. The average Bonchev–Trinajstić information content (AvgIpc) is 2.37. The highest BCUT2D eigenvalue weighted by Crippen LogP contribution is 2.18. The predicted octanol–water partition coefficient (Wildman–Crippen LogP) is 1.92. The Balaban J connectivity index is 2.65. The van der Waals surface area contributed by atoms with Gasteiger partial charge in [-0.1, -0.05) is 11.6 Å². The Morgan fingerprint density at radius 2 is 1.95 bits per heavy atom. The molecule has 0 bridgehead atoms. The summed E-state index contributed by atoms with van der Waals surface area (Å²) < 4.78 is 13.4. The van der Waals surface area contributed by atoms with E-state index in [0.717, 1.165) is 6.07 Å². The first-order chi connectivity index (χ1) is 9.79. The SMILES string of the molecule is O=C(O)CCC(NC(=O)Nc1ccc(Cl)cc1F)C(=O)O. The summed E-state index contributed by atoms with van der Waals surface area (Å²) in [5.74, 6) is -3.36. The van der Waals surface area contributed by atoms with Crippen LogP contribution in [-0.4, -0.2) is 34.2 Å². The van der Waals surface area contributed by atoms with Crippen LogP contribution in [0.2, 0.25) is 5.02 Å². The molecule has 1 unspecified atom stereocenters. The van der Waals surface area contributed by atoms with Crippen LogP contribution in [0.4, 0.5) is 14.9 Å². The van der Waals surface area contributed by atoms with Gasteiger partial charge in [0.05, 0.1) is 5.69 Å². The molecule has 0 saturated carbocycles. The average molecular weight is 319 g/mol. The lowest BCUT2D eigenvalue weighted by Gasteiger charge is -2.14. The van der Waals surface area contributed by atoms with Crippen LogP contribution in [0, 0.1) is 5.82 Å². The number of rotatable bonds is 6. The normalized spacial score (nSPS) is 11.5. The largest absolute Gasteiger partial charge is 0.481 e. The van der Waals surface area contributed by atoms with Gasteiger partial charge in [0.2, 0.25) is 0 Å². The maximum Gasteiger partial charge on any atom is 0.326 e. The predicted molar refractivity (Wildman–Crippen MR) is 71.9 cm³/mol. The van der Waals surface area contributed by atoms with Crippen LogP contribution < -0.4 is 10.6 Å². The third kappa shape index (κ3) is 5.65. The zero-order valence-electron chi connectivity index (χ0n) is 10.6. The van der Waals surface area contributed by atoms with Crippen LogP contribution in [0.5, 0.6) is 0 Å². The molecular formula is C12H12ClFN2O5. The molecule has 114 valence electrons. The quantitative estimate of drug-likeness (QED) is 0.639. The van der Waals surface area contributed by atoms with Gasteiger partial charge >= 0.3 is 18.0 Å². The molecule has 9 heteroatoms. The van der Waals surface area contributed by atoms with Crippen LogP contribution in [0.1, 0.15) is 12.8 Å². The van der Waals surface area contributed by atoms with Gasteiger partial charge in [-0.25, -0.2) is 14.0 Å². The van der Waals surface area contributed by atoms with Crippen molar-refractivity contribution in [1.82, 2.24) is 5.32 Å². The molecule has 0 fully saturated rings. The van der Waals surface area contributed by atoms with Crippen molar-refractivity contribution in [3.8, 4) is 0 Å². The van der Waals surface area contributed by atoms with Crippen molar-refractivity contribution < 1.29 is 29.0 Å². The summed E-state index contributed by atoms with van der Waals surface area (Å²) in [5, 5.41) is 21.7. The lowest BCUT2D eigenvalue weighted by atomic mass is 10.1. The van der Waals surface area contributed by atoms with Gasteiger partial charge in [-0.15, -0.1) is 0 Å². The molecule has 1 atom stereocenters. The Labute approximate surface area is 123 Å². The summed E-state index contributed by atoms with van der Waals surface area (Å²) in [6, 6.07) is 1.19. The molecular weight excluding hydrogens is 307 g/mol. The lowest BCUT2D eigenvalue weighted by Crippen LogP contribution is -2.43. The number of carboxylic acids is 2. The monoisotopic (exact) mass is 318 g/mol. The minimum absolute atomic E-state index is 0.142. The summed E-state index contributed by atoms with van der Waals surface area (Å²) in [4.78, 5) is 32.9. The van der Waals surface area contributed by atoms with Gasteiger partial charge < -0.3 is 20.8 Å². The molecule has 7 nitrogen and oxygen atoms in total. The van der Waals surface area contributed by atoms with Crippen LogP contribution in [0.3, 0.4) is 0 Å². The second-order valence-electron chi connectivity index (χ2n) is 4.05. The molecule has 0 aliphatic rings. The van der Waals surface area contributed by atoms with Gasteiger partial charge in [0.15, 0.2) is 0 Å². The molecule has 2 amide bonds. The second-order valence-corrected chi connectivity index (χ2v) is 4.48. The molecule has 0 aromatic heterocycles. The van der Waals surface area contributed by atoms with Gasteiger partial charge in [0.1, 0.15) is 11.9 Å². The minimum atomic E-state index is -1.39. The number of nitrogens with one attached hydrogen (secondary N) is 2. The van der Waals surface area contributed by atoms with E-state index in [2.05, 4.69) is 5.32 Å². The van der Waals surface area contributed by atoms with E-state index in [1.165, 1.54) is 12.1 Å². The zero-order valence-corrected chi connectivity index (χ0v) is 11.4. The Morgan fingerprint density at radius 3 is 2.48 bits per heavy atom. The third-order valence-electron chi connectivity index (χ3n) is 2.43. The van der Waals surface area contributed by atoms with Gasteiger partial charge in [0, 0.05) is 11.4 Å². The number of urea groups is 1. The van der Waals surface area contributed by atoms with Gasteiger partial charge in [-0.3, -0.25) is 4.79 Å². The summed E-state index contributed by atoms with van der Waals surface area (Å²) in [6.45, 7) is 0.